The van der Waals surface area contributed by atoms with Gasteiger partial charge in [-0.25, -0.2) is 4.39 Å². The third-order valence-corrected chi connectivity index (χ3v) is 3.28. The van der Waals surface area contributed by atoms with E-state index in [1.54, 1.807) is 0 Å². The van der Waals surface area contributed by atoms with Gasteiger partial charge in [0.05, 0.1) is 5.56 Å². The van der Waals surface area contributed by atoms with Crippen molar-refractivity contribution in [1.82, 2.24) is 10.2 Å². The summed E-state index contributed by atoms with van der Waals surface area (Å²) in [5.74, 6) is -2.56. The second kappa shape index (κ2) is 5.34. The number of nitrogens with zero attached hydrogens (tertiary/aromatic N) is 1. The summed E-state index contributed by atoms with van der Waals surface area (Å²) in [6, 6.07) is 1.26. The zero-order chi connectivity index (χ0) is 15.8. The van der Waals surface area contributed by atoms with E-state index in [4.69, 9.17) is 0 Å². The van der Waals surface area contributed by atoms with Gasteiger partial charge < -0.3 is 10.2 Å². The number of halogens is 4. The molecule has 1 unspecified atom stereocenters. The van der Waals surface area contributed by atoms with Crippen molar-refractivity contribution in [2.75, 3.05) is 13.1 Å². The van der Waals surface area contributed by atoms with E-state index in [1.807, 2.05) is 0 Å². The molecular weight excluding hydrogens is 292 g/mol. The Balaban J connectivity index is 2.34. The monoisotopic (exact) mass is 304 g/mol. The molecule has 1 atom stereocenters. The van der Waals surface area contributed by atoms with Crippen molar-refractivity contribution in [3.05, 3.63) is 35.1 Å². The van der Waals surface area contributed by atoms with Crippen LogP contribution in [-0.4, -0.2) is 35.8 Å². The lowest BCUT2D eigenvalue weighted by Gasteiger charge is -2.33. The zero-order valence-corrected chi connectivity index (χ0v) is 11.0. The van der Waals surface area contributed by atoms with Crippen molar-refractivity contribution in [3.8, 4) is 0 Å². The normalized spacial score (nSPS) is 19.4. The minimum Gasteiger partial charge on any atom is -0.353 e. The summed E-state index contributed by atoms with van der Waals surface area (Å²) >= 11 is 0. The Morgan fingerprint density at radius 1 is 1.38 bits per heavy atom. The predicted molar refractivity (Wildman–Crippen MR) is 64.9 cm³/mol. The van der Waals surface area contributed by atoms with Crippen molar-refractivity contribution in [1.29, 1.82) is 0 Å². The fraction of sp³-hybridized carbons (Fsp3) is 0.385. The molecule has 1 aromatic rings. The number of carbonyl (C=O) groups excluding carboxylic acids is 2. The van der Waals surface area contributed by atoms with E-state index in [-0.39, 0.29) is 24.6 Å². The van der Waals surface area contributed by atoms with Crippen LogP contribution in [0.2, 0.25) is 0 Å². The molecule has 0 radical (unpaired) electrons. The lowest BCUT2D eigenvalue weighted by molar-refractivity contribution is -0.140. The molecule has 0 spiro atoms. The first-order chi connectivity index (χ1) is 9.71. The van der Waals surface area contributed by atoms with Crippen LogP contribution < -0.4 is 5.32 Å². The maximum absolute atomic E-state index is 13.2. The Kier molecular flexibility index (Phi) is 3.89. The third kappa shape index (κ3) is 2.98. The quantitative estimate of drug-likeness (QED) is 0.804. The molecule has 0 aromatic heterocycles. The average Bonchev–Trinajstić information content (AvgIpc) is 2.40. The summed E-state index contributed by atoms with van der Waals surface area (Å²) in [6.07, 6.45) is -4.88. The molecule has 1 fully saturated rings. The van der Waals surface area contributed by atoms with Gasteiger partial charge in [-0.2, -0.15) is 13.2 Å². The molecule has 1 aliphatic rings. The highest BCUT2D eigenvalue weighted by molar-refractivity contribution is 5.98. The summed E-state index contributed by atoms with van der Waals surface area (Å²) in [7, 11) is 0. The Morgan fingerprint density at radius 2 is 2.05 bits per heavy atom. The van der Waals surface area contributed by atoms with E-state index in [2.05, 4.69) is 5.32 Å². The van der Waals surface area contributed by atoms with Crippen LogP contribution in [0.15, 0.2) is 18.2 Å². The Labute approximate surface area is 117 Å². The van der Waals surface area contributed by atoms with Crippen LogP contribution in [0.1, 0.15) is 22.8 Å². The molecule has 2 rings (SSSR count). The van der Waals surface area contributed by atoms with E-state index < -0.39 is 29.5 Å². The van der Waals surface area contributed by atoms with Gasteiger partial charge in [0.25, 0.3) is 5.91 Å². The maximum atomic E-state index is 13.2. The average molecular weight is 304 g/mol. The number of hydrogen-bond acceptors (Lipinski definition) is 2. The van der Waals surface area contributed by atoms with Gasteiger partial charge in [-0.15, -0.1) is 0 Å². The largest absolute Gasteiger partial charge is 0.419 e. The second-order valence-electron chi connectivity index (χ2n) is 4.66. The van der Waals surface area contributed by atoms with Crippen molar-refractivity contribution in [2.45, 2.75) is 19.1 Å². The van der Waals surface area contributed by atoms with Crippen LogP contribution in [0, 0.1) is 5.82 Å². The molecular formula is C13H12F4N2O2. The van der Waals surface area contributed by atoms with Gasteiger partial charge in [0.15, 0.2) is 0 Å². The minimum atomic E-state index is -4.88. The highest BCUT2D eigenvalue weighted by Crippen LogP contribution is 2.32. The smallest absolute Gasteiger partial charge is 0.353 e. The fourth-order valence-electron chi connectivity index (χ4n) is 2.10. The Morgan fingerprint density at radius 3 is 2.67 bits per heavy atom. The van der Waals surface area contributed by atoms with Crippen molar-refractivity contribution in [3.63, 3.8) is 0 Å². The number of amides is 2. The molecule has 0 saturated carbocycles. The summed E-state index contributed by atoms with van der Waals surface area (Å²) < 4.78 is 51.1. The molecule has 1 aliphatic heterocycles. The van der Waals surface area contributed by atoms with Crippen LogP contribution in [0.4, 0.5) is 17.6 Å². The van der Waals surface area contributed by atoms with Crippen LogP contribution in [0.5, 0.6) is 0 Å². The maximum Gasteiger partial charge on any atom is 0.419 e. The topological polar surface area (TPSA) is 49.4 Å². The molecule has 0 aliphatic carbocycles. The van der Waals surface area contributed by atoms with E-state index >= 15 is 0 Å². The summed E-state index contributed by atoms with van der Waals surface area (Å²) in [6.45, 7) is 1.88. The second-order valence-corrected chi connectivity index (χ2v) is 4.66. The number of nitrogens with one attached hydrogen (secondary N) is 1. The van der Waals surface area contributed by atoms with E-state index in [0.29, 0.717) is 12.1 Å². The lowest BCUT2D eigenvalue weighted by atomic mass is 10.1. The number of benzene rings is 1. The Bertz CT molecular complexity index is 586. The van der Waals surface area contributed by atoms with Crippen molar-refractivity contribution >= 4 is 11.8 Å². The van der Waals surface area contributed by atoms with Gasteiger partial charge in [-0.3, -0.25) is 9.59 Å². The van der Waals surface area contributed by atoms with Crippen molar-refractivity contribution < 1.29 is 27.2 Å². The molecule has 4 nitrogen and oxygen atoms in total. The molecule has 114 valence electrons. The number of carbonyl (C=O) groups is 2. The first-order valence-electron chi connectivity index (χ1n) is 6.17. The van der Waals surface area contributed by atoms with Gasteiger partial charge in [-0.05, 0) is 25.1 Å². The molecule has 1 heterocycles. The highest BCUT2D eigenvalue weighted by Gasteiger charge is 2.36. The molecule has 1 N–H and O–H groups in total. The van der Waals surface area contributed by atoms with Crippen LogP contribution >= 0.6 is 0 Å². The van der Waals surface area contributed by atoms with Crippen LogP contribution in [-0.2, 0) is 11.0 Å². The number of hydrogen-bond donors (Lipinski definition) is 1. The minimum absolute atomic E-state index is 0.185. The fourth-order valence-corrected chi connectivity index (χ4v) is 2.10. The first-order valence-corrected chi connectivity index (χ1v) is 6.17. The summed E-state index contributed by atoms with van der Waals surface area (Å²) in [5, 5.41) is 2.54. The summed E-state index contributed by atoms with van der Waals surface area (Å²) in [4.78, 5) is 24.8. The number of piperazine rings is 1. The van der Waals surface area contributed by atoms with Gasteiger partial charge >= 0.3 is 6.18 Å². The van der Waals surface area contributed by atoms with Gasteiger partial charge in [0, 0.05) is 18.7 Å². The molecule has 1 saturated heterocycles. The van der Waals surface area contributed by atoms with Gasteiger partial charge in [0.1, 0.15) is 11.9 Å². The SMILES string of the molecule is CC1C(=O)NCCN1C(=O)c1ccc(F)c(C(F)(F)F)c1. The van der Waals surface area contributed by atoms with E-state index in [1.165, 1.54) is 6.92 Å². The lowest BCUT2D eigenvalue weighted by Crippen LogP contribution is -2.55. The number of rotatable bonds is 1. The highest BCUT2D eigenvalue weighted by atomic mass is 19.4. The van der Waals surface area contributed by atoms with Crippen LogP contribution in [0.25, 0.3) is 0 Å². The summed E-state index contributed by atoms with van der Waals surface area (Å²) in [5.41, 5.74) is -1.80. The molecule has 1 aromatic carbocycles. The zero-order valence-electron chi connectivity index (χ0n) is 11.0. The molecule has 21 heavy (non-hydrogen) atoms. The third-order valence-electron chi connectivity index (χ3n) is 3.28. The van der Waals surface area contributed by atoms with E-state index in [9.17, 15) is 27.2 Å². The molecule has 0 bridgehead atoms. The molecule has 8 heteroatoms. The first kappa shape index (κ1) is 15.3. The van der Waals surface area contributed by atoms with E-state index in [0.717, 1.165) is 11.0 Å². The molecule has 2 amide bonds. The van der Waals surface area contributed by atoms with Gasteiger partial charge in [-0.1, -0.05) is 0 Å². The predicted octanol–water partition coefficient (Wildman–Crippen LogP) is 1.80. The number of alkyl halides is 3. The standard InChI is InChI=1S/C13H12F4N2O2/c1-7-11(20)18-4-5-19(7)12(21)8-2-3-10(14)9(6-8)13(15,16)17/h2-3,6-7H,4-5H2,1H3,(H,18,20). The van der Waals surface area contributed by atoms with Crippen molar-refractivity contribution in [2.24, 2.45) is 0 Å². The van der Waals surface area contributed by atoms with Gasteiger partial charge in [0.2, 0.25) is 5.91 Å². The Hall–Kier alpha value is -2.12. The van der Waals surface area contributed by atoms with Crippen LogP contribution in [0.3, 0.4) is 0 Å².